The number of nitrogens with one attached hydrogen (secondary N) is 1. The molecule has 0 saturated carbocycles. The first-order valence-corrected chi connectivity index (χ1v) is 8.55. The molecule has 0 aliphatic rings. The van der Waals surface area contributed by atoms with E-state index in [0.717, 1.165) is 10.9 Å². The molecule has 21 heavy (non-hydrogen) atoms. The number of ether oxygens (including phenoxy) is 1. The quantitative estimate of drug-likeness (QED) is 0.853. The van der Waals surface area contributed by atoms with Gasteiger partial charge in [-0.15, -0.1) is 11.3 Å². The van der Waals surface area contributed by atoms with Gasteiger partial charge in [-0.3, -0.25) is 4.72 Å². The van der Waals surface area contributed by atoms with Crippen LogP contribution in [0.3, 0.4) is 0 Å². The second kappa shape index (κ2) is 6.42. The van der Waals surface area contributed by atoms with Gasteiger partial charge in [-0.25, -0.2) is 12.8 Å². The molecule has 0 unspecified atom stereocenters. The second-order valence-corrected chi connectivity index (χ2v) is 6.81. The first-order valence-electron chi connectivity index (χ1n) is 6.19. The van der Waals surface area contributed by atoms with Gasteiger partial charge in [-0.2, -0.15) is 0 Å². The Morgan fingerprint density at radius 2 is 2.14 bits per heavy atom. The number of halogens is 1. The molecule has 0 fully saturated rings. The number of sulfonamides is 1. The van der Waals surface area contributed by atoms with Gasteiger partial charge in [-0.05, 0) is 25.1 Å². The highest BCUT2D eigenvalue weighted by Gasteiger charge is 2.17. The lowest BCUT2D eigenvalue weighted by Crippen LogP contribution is -2.12. The lowest BCUT2D eigenvalue weighted by molar-refractivity contribution is 0.321. The van der Waals surface area contributed by atoms with Crippen molar-refractivity contribution in [2.24, 2.45) is 5.73 Å². The summed E-state index contributed by atoms with van der Waals surface area (Å²) in [5, 5.41) is 1.50. The number of thiophene rings is 1. The van der Waals surface area contributed by atoms with Gasteiger partial charge in [0.05, 0.1) is 17.2 Å². The third-order valence-electron chi connectivity index (χ3n) is 2.63. The van der Waals surface area contributed by atoms with Gasteiger partial charge in [0.1, 0.15) is 0 Å². The summed E-state index contributed by atoms with van der Waals surface area (Å²) in [7, 11) is -3.75. The summed E-state index contributed by atoms with van der Waals surface area (Å²) in [5.41, 5.74) is 5.59. The lowest BCUT2D eigenvalue weighted by Gasteiger charge is -2.09. The van der Waals surface area contributed by atoms with Crippen LogP contribution in [0, 0.1) is 5.82 Å². The second-order valence-electron chi connectivity index (χ2n) is 4.14. The standard InChI is InChI=1S/C13H15FN2O3S2/c1-2-19-13-4-3-9(5-12(13)14)16-21(17,18)11-6-10(7-15)20-8-11/h3-6,8,16H,2,7,15H2,1H3. The minimum atomic E-state index is -3.75. The number of nitrogens with two attached hydrogens (primary N) is 1. The van der Waals surface area contributed by atoms with E-state index in [2.05, 4.69) is 4.72 Å². The third-order valence-corrected chi connectivity index (χ3v) is 5.09. The molecule has 2 rings (SSSR count). The summed E-state index contributed by atoms with van der Waals surface area (Å²) in [6.45, 7) is 2.35. The average molecular weight is 330 g/mol. The Balaban J connectivity index is 2.22. The summed E-state index contributed by atoms with van der Waals surface area (Å²) in [6, 6.07) is 5.41. The molecular formula is C13H15FN2O3S2. The molecule has 0 bridgehead atoms. The van der Waals surface area contributed by atoms with Crippen LogP contribution < -0.4 is 15.2 Å². The van der Waals surface area contributed by atoms with Gasteiger partial charge in [0.25, 0.3) is 10.0 Å². The molecule has 0 spiro atoms. The zero-order valence-corrected chi connectivity index (χ0v) is 12.9. The number of anilines is 1. The van der Waals surface area contributed by atoms with E-state index in [4.69, 9.17) is 10.5 Å². The smallest absolute Gasteiger partial charge is 0.262 e. The lowest BCUT2D eigenvalue weighted by atomic mass is 10.3. The Morgan fingerprint density at radius 3 is 2.71 bits per heavy atom. The van der Waals surface area contributed by atoms with E-state index in [1.807, 2.05) is 0 Å². The molecule has 114 valence electrons. The molecule has 0 aliphatic carbocycles. The molecule has 8 heteroatoms. The summed E-state index contributed by atoms with van der Waals surface area (Å²) in [5.74, 6) is -0.536. The van der Waals surface area contributed by atoms with Crippen LogP contribution in [-0.4, -0.2) is 15.0 Å². The molecule has 0 amide bonds. The summed E-state index contributed by atoms with van der Waals surface area (Å²) >= 11 is 1.26. The minimum Gasteiger partial charge on any atom is -0.491 e. The number of benzene rings is 1. The average Bonchev–Trinajstić information content (AvgIpc) is 2.91. The summed E-state index contributed by atoms with van der Waals surface area (Å²) in [4.78, 5) is 0.871. The van der Waals surface area contributed by atoms with E-state index in [1.165, 1.54) is 34.9 Å². The fourth-order valence-electron chi connectivity index (χ4n) is 1.66. The van der Waals surface area contributed by atoms with Crippen LogP contribution in [0.2, 0.25) is 0 Å². The summed E-state index contributed by atoms with van der Waals surface area (Å²) in [6.07, 6.45) is 0. The fraction of sp³-hybridized carbons (Fsp3) is 0.231. The van der Waals surface area contributed by atoms with E-state index in [9.17, 15) is 12.8 Å². The van der Waals surface area contributed by atoms with Crippen molar-refractivity contribution in [3.63, 3.8) is 0 Å². The van der Waals surface area contributed by atoms with Crippen LogP contribution in [0.1, 0.15) is 11.8 Å². The number of rotatable bonds is 6. The largest absolute Gasteiger partial charge is 0.491 e. The van der Waals surface area contributed by atoms with E-state index >= 15 is 0 Å². The molecule has 1 aromatic heterocycles. The molecule has 2 aromatic rings. The van der Waals surface area contributed by atoms with Crippen LogP contribution in [-0.2, 0) is 16.6 Å². The molecule has 0 aliphatic heterocycles. The molecule has 0 saturated heterocycles. The minimum absolute atomic E-state index is 0.0846. The predicted molar refractivity (Wildman–Crippen MR) is 80.6 cm³/mol. The molecule has 3 N–H and O–H groups in total. The monoisotopic (exact) mass is 330 g/mol. The normalized spacial score (nSPS) is 11.4. The number of hydrogen-bond donors (Lipinski definition) is 2. The fourth-order valence-corrected chi connectivity index (χ4v) is 3.86. The van der Waals surface area contributed by atoms with Gasteiger partial charge >= 0.3 is 0 Å². The van der Waals surface area contributed by atoms with Crippen molar-refractivity contribution in [3.05, 3.63) is 40.3 Å². The maximum Gasteiger partial charge on any atom is 0.262 e. The van der Waals surface area contributed by atoms with Crippen LogP contribution in [0.15, 0.2) is 34.5 Å². The van der Waals surface area contributed by atoms with Gasteiger partial charge in [0.2, 0.25) is 0 Å². The zero-order chi connectivity index (χ0) is 15.5. The van der Waals surface area contributed by atoms with Crippen molar-refractivity contribution in [3.8, 4) is 5.75 Å². The third kappa shape index (κ3) is 3.72. The molecule has 0 radical (unpaired) electrons. The highest BCUT2D eigenvalue weighted by Crippen LogP contribution is 2.25. The Kier molecular flexibility index (Phi) is 4.81. The SMILES string of the molecule is CCOc1ccc(NS(=O)(=O)c2csc(CN)c2)cc1F. The van der Waals surface area contributed by atoms with Crippen molar-refractivity contribution < 1.29 is 17.5 Å². The molecular weight excluding hydrogens is 315 g/mol. The first kappa shape index (κ1) is 15.7. The maximum absolute atomic E-state index is 13.7. The zero-order valence-electron chi connectivity index (χ0n) is 11.3. The molecule has 1 heterocycles. The van der Waals surface area contributed by atoms with Crippen LogP contribution in [0.5, 0.6) is 5.75 Å². The highest BCUT2D eigenvalue weighted by atomic mass is 32.2. The van der Waals surface area contributed by atoms with Crippen LogP contribution in [0.25, 0.3) is 0 Å². The van der Waals surface area contributed by atoms with E-state index in [-0.39, 0.29) is 22.9 Å². The summed E-state index contributed by atoms with van der Waals surface area (Å²) < 4.78 is 45.4. The Labute approximate surface area is 126 Å². The van der Waals surface area contributed by atoms with Crippen molar-refractivity contribution in [1.82, 2.24) is 0 Å². The van der Waals surface area contributed by atoms with Crippen LogP contribution >= 0.6 is 11.3 Å². The van der Waals surface area contributed by atoms with E-state index in [0.29, 0.717) is 6.61 Å². The Hall–Kier alpha value is -1.64. The molecule has 0 atom stereocenters. The van der Waals surface area contributed by atoms with E-state index in [1.54, 1.807) is 6.92 Å². The van der Waals surface area contributed by atoms with Gasteiger partial charge in [0.15, 0.2) is 11.6 Å². The van der Waals surface area contributed by atoms with E-state index < -0.39 is 15.8 Å². The van der Waals surface area contributed by atoms with Crippen molar-refractivity contribution in [2.45, 2.75) is 18.4 Å². The first-order chi connectivity index (χ1) is 9.96. The molecule has 1 aromatic carbocycles. The number of hydrogen-bond acceptors (Lipinski definition) is 5. The van der Waals surface area contributed by atoms with Crippen molar-refractivity contribution >= 4 is 27.0 Å². The van der Waals surface area contributed by atoms with Gasteiger partial charge in [-0.1, -0.05) is 0 Å². The molecule has 5 nitrogen and oxygen atoms in total. The highest BCUT2D eigenvalue weighted by molar-refractivity contribution is 7.92. The van der Waals surface area contributed by atoms with Crippen molar-refractivity contribution in [2.75, 3.05) is 11.3 Å². The van der Waals surface area contributed by atoms with Crippen LogP contribution in [0.4, 0.5) is 10.1 Å². The maximum atomic E-state index is 13.7. The van der Waals surface area contributed by atoms with Gasteiger partial charge < -0.3 is 10.5 Å². The topological polar surface area (TPSA) is 81.4 Å². The Bertz CT molecular complexity index is 729. The van der Waals surface area contributed by atoms with Gasteiger partial charge in [0, 0.05) is 22.9 Å². The van der Waals surface area contributed by atoms with Crippen molar-refractivity contribution in [1.29, 1.82) is 0 Å². The predicted octanol–water partition coefficient (Wildman–Crippen LogP) is 2.55. The Morgan fingerprint density at radius 1 is 1.38 bits per heavy atom.